The molecule has 1 aromatic carbocycles. The lowest BCUT2D eigenvalue weighted by Gasteiger charge is -2.16. The predicted molar refractivity (Wildman–Crippen MR) is 60.8 cm³/mol. The molecule has 7 heteroatoms. The molecule has 0 saturated carbocycles. The molecule has 0 bridgehead atoms. The van der Waals surface area contributed by atoms with Gasteiger partial charge in [0.15, 0.2) is 0 Å². The number of aliphatic hydroxyl groups excluding tert-OH is 1. The van der Waals surface area contributed by atoms with Gasteiger partial charge in [0.05, 0.1) is 11.1 Å². The number of halogens is 2. The number of β-amino-alcohol motifs (C(OH)–C–C–N with tert-alkyl or cyclic N) is 1. The summed E-state index contributed by atoms with van der Waals surface area (Å²) in [5.41, 5.74) is 0. The molecule has 1 aliphatic heterocycles. The van der Waals surface area contributed by atoms with Crippen LogP contribution in [0.3, 0.4) is 0 Å². The Labute approximate surface area is 104 Å². The number of rotatable bonds is 2. The Bertz CT molecular complexity index is 534. The number of nitrogens with zero attached hydrogens (tertiary/aromatic N) is 1. The van der Waals surface area contributed by atoms with Crippen LogP contribution < -0.4 is 0 Å². The summed E-state index contributed by atoms with van der Waals surface area (Å²) in [5.74, 6) is -0.660. The van der Waals surface area contributed by atoms with E-state index >= 15 is 0 Å². The first-order valence-electron chi connectivity index (χ1n) is 5.04. The molecule has 0 aliphatic carbocycles. The molecule has 1 aliphatic rings. The molecule has 1 heterocycles. The van der Waals surface area contributed by atoms with Gasteiger partial charge in [-0.2, -0.15) is 4.31 Å². The second-order valence-electron chi connectivity index (χ2n) is 3.88. The second-order valence-corrected chi connectivity index (χ2v) is 6.19. The van der Waals surface area contributed by atoms with Gasteiger partial charge in [0, 0.05) is 13.1 Å². The lowest BCUT2D eigenvalue weighted by atomic mass is 10.3. The third-order valence-corrected chi connectivity index (χ3v) is 4.98. The minimum absolute atomic E-state index is 0.0206. The molecule has 1 aromatic rings. The molecule has 1 fully saturated rings. The third-order valence-electron chi connectivity index (χ3n) is 2.64. The largest absolute Gasteiger partial charge is 0.392 e. The smallest absolute Gasteiger partial charge is 0.244 e. The van der Waals surface area contributed by atoms with Gasteiger partial charge in [-0.05, 0) is 24.6 Å². The Morgan fingerprint density at radius 3 is 2.76 bits per heavy atom. The van der Waals surface area contributed by atoms with Crippen molar-refractivity contribution >= 4 is 21.6 Å². The van der Waals surface area contributed by atoms with Crippen LogP contribution in [0.1, 0.15) is 6.42 Å². The molecule has 1 N–H and O–H groups in total. The number of hydrogen-bond donors (Lipinski definition) is 1. The van der Waals surface area contributed by atoms with Crippen molar-refractivity contribution in [1.82, 2.24) is 4.31 Å². The molecular weight excluding hydrogens is 269 g/mol. The van der Waals surface area contributed by atoms with E-state index in [1.54, 1.807) is 0 Å². The minimum atomic E-state index is -3.82. The van der Waals surface area contributed by atoms with Crippen molar-refractivity contribution in [2.24, 2.45) is 0 Å². The van der Waals surface area contributed by atoms with Gasteiger partial charge in [-0.1, -0.05) is 11.6 Å². The molecule has 0 unspecified atom stereocenters. The number of benzene rings is 1. The standard InChI is InChI=1S/C10H11ClFNO3S/c11-9-2-1-7(12)5-10(9)17(15,16)13-4-3-8(14)6-13/h1-2,5,8,14H,3-4,6H2/t8-/m0/s1. The van der Waals surface area contributed by atoms with Crippen LogP contribution in [0.15, 0.2) is 23.1 Å². The molecule has 1 atom stereocenters. The second kappa shape index (κ2) is 4.53. The summed E-state index contributed by atoms with van der Waals surface area (Å²) in [6.07, 6.45) is -0.288. The van der Waals surface area contributed by atoms with E-state index in [1.807, 2.05) is 0 Å². The van der Waals surface area contributed by atoms with E-state index in [4.69, 9.17) is 11.6 Å². The van der Waals surface area contributed by atoms with Crippen molar-refractivity contribution in [3.8, 4) is 0 Å². The lowest BCUT2D eigenvalue weighted by molar-refractivity contribution is 0.189. The summed E-state index contributed by atoms with van der Waals surface area (Å²) in [6, 6.07) is 3.19. The van der Waals surface area contributed by atoms with Crippen LogP contribution in [0.2, 0.25) is 5.02 Å². The van der Waals surface area contributed by atoms with Crippen molar-refractivity contribution in [3.63, 3.8) is 0 Å². The fraction of sp³-hybridized carbons (Fsp3) is 0.400. The van der Waals surface area contributed by atoms with E-state index in [0.29, 0.717) is 6.42 Å². The SMILES string of the molecule is O=S(=O)(c1cc(F)ccc1Cl)N1CC[C@H](O)C1. The van der Waals surface area contributed by atoms with E-state index < -0.39 is 21.9 Å². The van der Waals surface area contributed by atoms with Crippen LogP contribution >= 0.6 is 11.6 Å². The first-order chi connectivity index (χ1) is 7.91. The highest BCUT2D eigenvalue weighted by Crippen LogP contribution is 2.27. The van der Waals surface area contributed by atoms with Gasteiger partial charge in [-0.25, -0.2) is 12.8 Å². The van der Waals surface area contributed by atoms with E-state index in [2.05, 4.69) is 0 Å². The maximum absolute atomic E-state index is 13.1. The zero-order valence-corrected chi connectivity index (χ0v) is 10.4. The Morgan fingerprint density at radius 1 is 1.47 bits per heavy atom. The van der Waals surface area contributed by atoms with Gasteiger partial charge in [0.2, 0.25) is 10.0 Å². The fourth-order valence-corrected chi connectivity index (χ4v) is 3.72. The summed E-state index contributed by atoms with van der Waals surface area (Å²) in [6.45, 7) is 0.242. The van der Waals surface area contributed by atoms with E-state index in [0.717, 1.165) is 16.4 Å². The van der Waals surface area contributed by atoms with Crippen LogP contribution in [0.4, 0.5) is 4.39 Å². The van der Waals surface area contributed by atoms with Crippen molar-refractivity contribution in [2.75, 3.05) is 13.1 Å². The van der Waals surface area contributed by atoms with Crippen molar-refractivity contribution in [2.45, 2.75) is 17.4 Å². The van der Waals surface area contributed by atoms with Crippen molar-refractivity contribution in [1.29, 1.82) is 0 Å². The molecule has 0 amide bonds. The number of sulfonamides is 1. The van der Waals surface area contributed by atoms with Gasteiger partial charge in [0.1, 0.15) is 10.7 Å². The van der Waals surface area contributed by atoms with Crippen LogP contribution in [0.25, 0.3) is 0 Å². The quantitative estimate of drug-likeness (QED) is 0.886. The minimum Gasteiger partial charge on any atom is -0.392 e. The van der Waals surface area contributed by atoms with E-state index in [1.165, 1.54) is 6.07 Å². The molecular formula is C10H11ClFNO3S. The van der Waals surface area contributed by atoms with Crippen LogP contribution in [-0.4, -0.2) is 37.0 Å². The Hall–Kier alpha value is -0.690. The Balaban J connectivity index is 2.41. The molecule has 1 saturated heterocycles. The average molecular weight is 280 g/mol. The average Bonchev–Trinajstić information content (AvgIpc) is 2.69. The maximum Gasteiger partial charge on any atom is 0.244 e. The summed E-state index contributed by atoms with van der Waals surface area (Å²) in [4.78, 5) is -0.256. The highest BCUT2D eigenvalue weighted by atomic mass is 35.5. The normalized spacial score (nSPS) is 21.9. The van der Waals surface area contributed by atoms with Gasteiger partial charge in [-0.3, -0.25) is 0 Å². The van der Waals surface area contributed by atoms with Crippen molar-refractivity contribution in [3.05, 3.63) is 29.0 Å². The zero-order valence-electron chi connectivity index (χ0n) is 8.81. The van der Waals surface area contributed by atoms with E-state index in [-0.39, 0.29) is 23.0 Å². The highest BCUT2D eigenvalue weighted by Gasteiger charge is 2.33. The summed E-state index contributed by atoms with van der Waals surface area (Å²) in [7, 11) is -3.82. The van der Waals surface area contributed by atoms with Gasteiger partial charge < -0.3 is 5.11 Å². The first-order valence-corrected chi connectivity index (χ1v) is 6.86. The maximum atomic E-state index is 13.1. The monoisotopic (exact) mass is 279 g/mol. The van der Waals surface area contributed by atoms with Crippen LogP contribution in [0.5, 0.6) is 0 Å². The molecule has 0 aromatic heterocycles. The molecule has 94 valence electrons. The van der Waals surface area contributed by atoms with Crippen LogP contribution in [-0.2, 0) is 10.0 Å². The van der Waals surface area contributed by atoms with Gasteiger partial charge >= 0.3 is 0 Å². The topological polar surface area (TPSA) is 57.6 Å². The van der Waals surface area contributed by atoms with Crippen LogP contribution in [0, 0.1) is 5.82 Å². The fourth-order valence-electron chi connectivity index (χ4n) is 1.74. The first kappa shape index (κ1) is 12.8. The van der Waals surface area contributed by atoms with Gasteiger partial charge in [0.25, 0.3) is 0 Å². The molecule has 0 spiro atoms. The Kier molecular flexibility index (Phi) is 3.40. The van der Waals surface area contributed by atoms with Crippen molar-refractivity contribution < 1.29 is 17.9 Å². The third kappa shape index (κ3) is 2.44. The van der Waals surface area contributed by atoms with Gasteiger partial charge in [-0.15, -0.1) is 0 Å². The molecule has 0 radical (unpaired) electrons. The summed E-state index contributed by atoms with van der Waals surface area (Å²) in [5, 5.41) is 9.30. The predicted octanol–water partition coefficient (Wildman–Crippen LogP) is 1.23. The number of hydrogen-bond acceptors (Lipinski definition) is 3. The highest BCUT2D eigenvalue weighted by molar-refractivity contribution is 7.89. The lowest BCUT2D eigenvalue weighted by Crippen LogP contribution is -2.30. The van der Waals surface area contributed by atoms with E-state index in [9.17, 15) is 17.9 Å². The molecule has 4 nitrogen and oxygen atoms in total. The Morgan fingerprint density at radius 2 is 2.18 bits per heavy atom. The summed E-state index contributed by atoms with van der Waals surface area (Å²) >= 11 is 5.76. The molecule has 17 heavy (non-hydrogen) atoms. The molecule has 2 rings (SSSR count). The zero-order chi connectivity index (χ0) is 12.6. The summed E-state index contributed by atoms with van der Waals surface area (Å²) < 4.78 is 38.4. The number of aliphatic hydroxyl groups is 1.